The lowest BCUT2D eigenvalue weighted by Crippen LogP contribution is -1.73. The summed E-state index contributed by atoms with van der Waals surface area (Å²) in [5, 5.41) is 6.09. The zero-order valence-electron chi connectivity index (χ0n) is 3.58. The lowest BCUT2D eigenvalue weighted by Gasteiger charge is -1.75. The SMILES string of the molecule is Fc1c(I)n[nH]c1I. The molecule has 5 heteroatoms. The van der Waals surface area contributed by atoms with Gasteiger partial charge in [-0.15, -0.1) is 0 Å². The summed E-state index contributed by atoms with van der Waals surface area (Å²) in [5.41, 5.74) is 0. The highest BCUT2D eigenvalue weighted by molar-refractivity contribution is 14.1. The van der Waals surface area contributed by atoms with Crippen molar-refractivity contribution in [2.45, 2.75) is 0 Å². The van der Waals surface area contributed by atoms with Crippen LogP contribution in [0.5, 0.6) is 0 Å². The zero-order chi connectivity index (χ0) is 6.15. The van der Waals surface area contributed by atoms with E-state index in [4.69, 9.17) is 0 Å². The Balaban J connectivity index is 3.19. The molecule has 1 rings (SSSR count). The molecule has 0 atom stereocenters. The van der Waals surface area contributed by atoms with E-state index in [2.05, 4.69) is 10.2 Å². The predicted molar refractivity (Wildman–Crippen MR) is 44.0 cm³/mol. The van der Waals surface area contributed by atoms with Crippen molar-refractivity contribution >= 4 is 45.2 Å². The van der Waals surface area contributed by atoms with E-state index in [9.17, 15) is 4.39 Å². The fourth-order valence-electron chi connectivity index (χ4n) is 0.287. The van der Waals surface area contributed by atoms with E-state index >= 15 is 0 Å². The smallest absolute Gasteiger partial charge is 0.187 e. The molecule has 1 N–H and O–H groups in total. The van der Waals surface area contributed by atoms with Crippen LogP contribution < -0.4 is 0 Å². The summed E-state index contributed by atoms with van der Waals surface area (Å²) in [6, 6.07) is 0. The van der Waals surface area contributed by atoms with Gasteiger partial charge in [0.2, 0.25) is 0 Å². The van der Waals surface area contributed by atoms with E-state index in [-0.39, 0.29) is 5.82 Å². The maximum Gasteiger partial charge on any atom is 0.187 e. The lowest BCUT2D eigenvalue weighted by molar-refractivity contribution is 0.614. The van der Waals surface area contributed by atoms with Crippen molar-refractivity contribution in [3.05, 3.63) is 13.2 Å². The van der Waals surface area contributed by atoms with Gasteiger partial charge in [0, 0.05) is 0 Å². The van der Waals surface area contributed by atoms with Crippen LogP contribution in [-0.2, 0) is 0 Å². The van der Waals surface area contributed by atoms with Gasteiger partial charge < -0.3 is 0 Å². The molecular weight excluding hydrogens is 337 g/mol. The van der Waals surface area contributed by atoms with Crippen molar-refractivity contribution in [2.75, 3.05) is 0 Å². The third kappa shape index (κ3) is 1.12. The number of rotatable bonds is 0. The van der Waals surface area contributed by atoms with Gasteiger partial charge in [-0.2, -0.15) is 5.10 Å². The van der Waals surface area contributed by atoms with Gasteiger partial charge in [0.25, 0.3) is 0 Å². The molecule has 0 amide bonds. The molecule has 0 aromatic carbocycles. The van der Waals surface area contributed by atoms with Crippen molar-refractivity contribution < 1.29 is 4.39 Å². The molecule has 0 saturated carbocycles. The van der Waals surface area contributed by atoms with Gasteiger partial charge in [0.15, 0.2) is 9.52 Å². The monoisotopic (exact) mass is 338 g/mol. The van der Waals surface area contributed by atoms with E-state index in [1.165, 1.54) is 0 Å². The first-order valence-corrected chi connectivity index (χ1v) is 3.92. The van der Waals surface area contributed by atoms with Crippen LogP contribution in [0.1, 0.15) is 0 Å². The van der Waals surface area contributed by atoms with Crippen molar-refractivity contribution in [2.24, 2.45) is 0 Å². The highest BCUT2D eigenvalue weighted by Gasteiger charge is 2.05. The fourth-order valence-corrected chi connectivity index (χ4v) is 1.57. The summed E-state index contributed by atoms with van der Waals surface area (Å²) in [7, 11) is 0. The van der Waals surface area contributed by atoms with Crippen LogP contribution >= 0.6 is 45.2 Å². The van der Waals surface area contributed by atoms with Crippen molar-refractivity contribution in [3.8, 4) is 0 Å². The fraction of sp³-hybridized carbons (Fsp3) is 0. The van der Waals surface area contributed by atoms with Gasteiger partial charge in [-0.3, -0.25) is 5.10 Å². The molecule has 8 heavy (non-hydrogen) atoms. The second-order valence-electron chi connectivity index (χ2n) is 1.14. The average molecular weight is 338 g/mol. The minimum Gasteiger partial charge on any atom is -0.268 e. The van der Waals surface area contributed by atoms with E-state index in [0.29, 0.717) is 7.40 Å². The Morgan fingerprint density at radius 3 is 2.25 bits per heavy atom. The molecule has 44 valence electrons. The number of halogens is 3. The van der Waals surface area contributed by atoms with Crippen molar-refractivity contribution in [3.63, 3.8) is 0 Å². The minimum atomic E-state index is -0.258. The second-order valence-corrected chi connectivity index (χ2v) is 3.24. The molecule has 0 unspecified atom stereocenters. The normalized spacial score (nSPS) is 9.88. The Kier molecular flexibility index (Phi) is 2.07. The highest BCUT2D eigenvalue weighted by atomic mass is 127. The molecule has 0 saturated heterocycles. The summed E-state index contributed by atoms with van der Waals surface area (Å²) >= 11 is 3.67. The topological polar surface area (TPSA) is 28.7 Å². The molecule has 0 aliphatic rings. The number of aromatic nitrogens is 2. The molecule has 1 heterocycles. The number of nitrogens with zero attached hydrogens (tertiary/aromatic N) is 1. The van der Waals surface area contributed by atoms with Gasteiger partial charge >= 0.3 is 0 Å². The molecule has 0 fully saturated rings. The summed E-state index contributed by atoms with van der Waals surface area (Å²) in [6.45, 7) is 0. The number of nitrogens with one attached hydrogen (secondary N) is 1. The Morgan fingerprint density at radius 1 is 1.50 bits per heavy atom. The molecule has 0 aliphatic heterocycles. The van der Waals surface area contributed by atoms with Gasteiger partial charge in [0.05, 0.1) is 0 Å². The average Bonchev–Trinajstić information content (AvgIpc) is 1.98. The quantitative estimate of drug-likeness (QED) is 0.718. The molecule has 0 bridgehead atoms. The van der Waals surface area contributed by atoms with Crippen LogP contribution in [0, 0.1) is 13.2 Å². The van der Waals surface area contributed by atoms with E-state index in [0.717, 1.165) is 0 Å². The first-order valence-electron chi connectivity index (χ1n) is 1.76. The van der Waals surface area contributed by atoms with Crippen LogP contribution in [0.15, 0.2) is 0 Å². The van der Waals surface area contributed by atoms with Crippen LogP contribution in [0.3, 0.4) is 0 Å². The zero-order valence-corrected chi connectivity index (χ0v) is 7.90. The van der Waals surface area contributed by atoms with Crippen molar-refractivity contribution in [1.29, 1.82) is 0 Å². The largest absolute Gasteiger partial charge is 0.268 e. The van der Waals surface area contributed by atoms with E-state index < -0.39 is 0 Å². The Morgan fingerprint density at radius 2 is 2.12 bits per heavy atom. The lowest BCUT2D eigenvalue weighted by atomic mass is 10.7. The highest BCUT2D eigenvalue weighted by Crippen LogP contribution is 2.11. The van der Waals surface area contributed by atoms with Crippen LogP contribution in [0.25, 0.3) is 0 Å². The molecule has 2 nitrogen and oxygen atoms in total. The number of H-pyrrole nitrogens is 1. The van der Waals surface area contributed by atoms with E-state index in [1.54, 1.807) is 0 Å². The van der Waals surface area contributed by atoms with Crippen LogP contribution in [0.4, 0.5) is 4.39 Å². The van der Waals surface area contributed by atoms with Gasteiger partial charge in [-0.25, -0.2) is 4.39 Å². The molecular formula is C3HFI2N2. The first kappa shape index (κ1) is 6.72. The minimum absolute atomic E-state index is 0.258. The van der Waals surface area contributed by atoms with Gasteiger partial charge in [-0.05, 0) is 45.2 Å². The van der Waals surface area contributed by atoms with Gasteiger partial charge in [0.1, 0.15) is 3.70 Å². The van der Waals surface area contributed by atoms with Crippen molar-refractivity contribution in [1.82, 2.24) is 10.2 Å². The Hall–Kier alpha value is 0.600. The number of hydrogen-bond acceptors (Lipinski definition) is 1. The predicted octanol–water partition coefficient (Wildman–Crippen LogP) is 1.76. The Bertz CT molecular complexity index is 178. The standard InChI is InChI=1S/C3HFI2N2/c4-1-2(5)7-8-3(1)6/h(H,7,8). The molecule has 0 spiro atoms. The summed E-state index contributed by atoms with van der Waals surface area (Å²) < 4.78 is 13.2. The van der Waals surface area contributed by atoms with Crippen LogP contribution in [0.2, 0.25) is 0 Å². The summed E-state index contributed by atoms with van der Waals surface area (Å²) in [4.78, 5) is 0. The Labute approximate surface area is 72.5 Å². The first-order chi connectivity index (χ1) is 3.72. The molecule has 0 aliphatic carbocycles. The second kappa shape index (κ2) is 2.46. The number of hydrogen-bond donors (Lipinski definition) is 1. The van der Waals surface area contributed by atoms with Gasteiger partial charge in [-0.1, -0.05) is 0 Å². The maximum atomic E-state index is 12.4. The maximum absolute atomic E-state index is 12.4. The number of aromatic amines is 1. The summed E-state index contributed by atoms with van der Waals surface area (Å²) in [6.07, 6.45) is 0. The van der Waals surface area contributed by atoms with Crippen LogP contribution in [-0.4, -0.2) is 10.2 Å². The molecule has 1 aromatic rings. The molecule has 0 radical (unpaired) electrons. The third-order valence-electron chi connectivity index (χ3n) is 0.626. The summed E-state index contributed by atoms with van der Waals surface area (Å²) in [5.74, 6) is -0.258. The van der Waals surface area contributed by atoms with E-state index in [1.807, 2.05) is 45.2 Å². The molecule has 1 aromatic heterocycles. The third-order valence-corrected chi connectivity index (χ3v) is 2.06.